The minimum atomic E-state index is -1.24. The number of amides is 2. The number of carbonyl (C=O) groups is 3. The summed E-state index contributed by atoms with van der Waals surface area (Å²) in [6.07, 6.45) is 8.58. The van der Waals surface area contributed by atoms with Crippen molar-refractivity contribution in [1.82, 2.24) is 20.2 Å². The van der Waals surface area contributed by atoms with Crippen LogP contribution in [-0.4, -0.2) is 44.5 Å². The van der Waals surface area contributed by atoms with Gasteiger partial charge in [-0.25, -0.2) is 4.98 Å². The van der Waals surface area contributed by atoms with Gasteiger partial charge in [0.15, 0.2) is 11.0 Å². The number of nitrogens with one attached hydrogen (secondary N) is 2. The minimum absolute atomic E-state index is 0.0482. The molecule has 9 heteroatoms. The molecule has 8 rings (SSSR count). The van der Waals surface area contributed by atoms with Crippen LogP contribution in [0, 0.1) is 17.8 Å². The van der Waals surface area contributed by atoms with Crippen molar-refractivity contribution in [3.05, 3.63) is 106 Å². The lowest BCUT2D eigenvalue weighted by molar-refractivity contribution is -0.165. The van der Waals surface area contributed by atoms with Crippen molar-refractivity contribution in [3.8, 4) is 5.69 Å². The molecule has 2 aromatic carbocycles. The summed E-state index contributed by atoms with van der Waals surface area (Å²) in [5.41, 5.74) is 2.09. The van der Waals surface area contributed by atoms with E-state index in [1.807, 2.05) is 71.4 Å². The first-order valence-electron chi connectivity index (χ1n) is 16.5. The Hall–Kier alpha value is -4.79. The van der Waals surface area contributed by atoms with Gasteiger partial charge in [0.05, 0.1) is 5.39 Å². The lowest BCUT2D eigenvalue weighted by Crippen LogP contribution is -2.68. The van der Waals surface area contributed by atoms with Crippen molar-refractivity contribution in [2.45, 2.75) is 76.5 Å². The Bertz CT molecular complexity index is 1900. The lowest BCUT2D eigenvalue weighted by Gasteiger charge is -2.60. The van der Waals surface area contributed by atoms with Crippen LogP contribution in [0.4, 0.5) is 0 Å². The summed E-state index contributed by atoms with van der Waals surface area (Å²) in [6.45, 7) is 4.56. The summed E-state index contributed by atoms with van der Waals surface area (Å²) in [4.78, 5) is 56.2. The van der Waals surface area contributed by atoms with Crippen LogP contribution in [0.15, 0.2) is 83.9 Å². The maximum absolute atomic E-state index is 13.5. The molecule has 47 heavy (non-hydrogen) atoms. The second kappa shape index (κ2) is 11.8. The zero-order chi connectivity index (χ0) is 32.9. The van der Waals surface area contributed by atoms with Gasteiger partial charge in [-0.15, -0.1) is 0 Å². The quantitative estimate of drug-likeness (QED) is 0.261. The van der Waals surface area contributed by atoms with E-state index in [0.29, 0.717) is 34.5 Å². The van der Waals surface area contributed by atoms with Gasteiger partial charge in [-0.2, -0.15) is 0 Å². The standard InChI is InChI=1S/C38H40N4O5/c1-23(43)47-37(2,3)36(46)41-38-19-25-17-27(20-38)32(28(18-25)21-38)40-35(45)26-13-11-24(12-14-26)16-29-22-42(30-8-5-4-6-9-30)34-31(33(29)44)10-7-15-39-34/h4-15,22,25,27-28,32H,16-21H2,1-3H3,(H,40,45)(H,41,46)/t25-,27-,28+,32-,38-. The molecule has 9 nitrogen and oxygen atoms in total. The van der Waals surface area contributed by atoms with Crippen LogP contribution in [-0.2, 0) is 20.7 Å². The lowest BCUT2D eigenvalue weighted by atomic mass is 9.51. The van der Waals surface area contributed by atoms with Gasteiger partial charge in [0, 0.05) is 54.1 Å². The van der Waals surface area contributed by atoms with E-state index in [1.165, 1.54) is 6.92 Å². The highest BCUT2D eigenvalue weighted by Crippen LogP contribution is 2.56. The number of fused-ring (bicyclic) bond motifs is 1. The third-order valence-corrected chi connectivity index (χ3v) is 10.4. The Labute approximate surface area is 273 Å². The van der Waals surface area contributed by atoms with E-state index in [-0.39, 0.29) is 40.7 Å². The van der Waals surface area contributed by atoms with E-state index < -0.39 is 11.6 Å². The second-order valence-corrected chi connectivity index (χ2v) is 14.2. The third kappa shape index (κ3) is 5.95. The molecular formula is C38H40N4O5. The predicted molar refractivity (Wildman–Crippen MR) is 178 cm³/mol. The fourth-order valence-electron chi connectivity index (χ4n) is 8.56. The highest BCUT2D eigenvalue weighted by Gasteiger charge is 2.57. The summed E-state index contributed by atoms with van der Waals surface area (Å²) in [6, 6.07) is 21.0. The molecule has 2 amide bonds. The first-order chi connectivity index (χ1) is 22.5. The molecule has 4 aliphatic carbocycles. The molecule has 2 aromatic heterocycles. The Kier molecular flexibility index (Phi) is 7.73. The Morgan fingerprint density at radius 2 is 1.66 bits per heavy atom. The molecule has 4 bridgehead atoms. The van der Waals surface area contributed by atoms with Gasteiger partial charge in [-0.1, -0.05) is 30.3 Å². The molecule has 242 valence electrons. The number of para-hydroxylation sites is 1. The fourth-order valence-corrected chi connectivity index (χ4v) is 8.56. The van der Waals surface area contributed by atoms with Crippen molar-refractivity contribution < 1.29 is 19.1 Å². The number of esters is 1. The van der Waals surface area contributed by atoms with E-state index >= 15 is 0 Å². The molecule has 4 fully saturated rings. The SMILES string of the molecule is CC(=O)OC(C)(C)C(=O)N[C@]12C[C@@H]3C[C@H](C1)[C@@H](NC(=O)c1ccc(Cc4cn(-c5ccccc5)c5ncccc5c4=O)cc1)[C@@H](C3)C2. The summed E-state index contributed by atoms with van der Waals surface area (Å²) in [5, 5.41) is 7.18. The molecule has 2 N–H and O–H groups in total. The molecule has 0 radical (unpaired) electrons. The van der Waals surface area contributed by atoms with Crippen molar-refractivity contribution in [1.29, 1.82) is 0 Å². The smallest absolute Gasteiger partial charge is 0.303 e. The van der Waals surface area contributed by atoms with Crippen LogP contribution in [0.2, 0.25) is 0 Å². The topological polar surface area (TPSA) is 119 Å². The summed E-state index contributed by atoms with van der Waals surface area (Å²) >= 11 is 0. The third-order valence-electron chi connectivity index (χ3n) is 10.4. The zero-order valence-electron chi connectivity index (χ0n) is 27.0. The molecule has 4 aliphatic rings. The van der Waals surface area contributed by atoms with Crippen LogP contribution in [0.5, 0.6) is 0 Å². The van der Waals surface area contributed by atoms with Crippen LogP contribution in [0.25, 0.3) is 16.7 Å². The number of ether oxygens (including phenoxy) is 1. The number of hydrogen-bond donors (Lipinski definition) is 2. The first-order valence-corrected chi connectivity index (χ1v) is 16.5. The molecule has 2 heterocycles. The monoisotopic (exact) mass is 632 g/mol. The number of benzene rings is 2. The number of carbonyl (C=O) groups excluding carboxylic acids is 3. The predicted octanol–water partition coefficient (Wildman–Crippen LogP) is 5.11. The van der Waals surface area contributed by atoms with Crippen LogP contribution < -0.4 is 16.1 Å². The average Bonchev–Trinajstić information content (AvgIpc) is 3.03. The molecular weight excluding hydrogens is 592 g/mol. The number of hydrogen-bond acceptors (Lipinski definition) is 6. The first kappa shape index (κ1) is 30.8. The van der Waals surface area contributed by atoms with Gasteiger partial charge in [-0.3, -0.25) is 19.2 Å². The Balaban J connectivity index is 1.04. The molecule has 0 unspecified atom stereocenters. The molecule has 0 spiro atoms. The van der Waals surface area contributed by atoms with Crippen LogP contribution in [0.1, 0.15) is 74.4 Å². The van der Waals surface area contributed by atoms with Gasteiger partial charge in [0.1, 0.15) is 5.65 Å². The highest BCUT2D eigenvalue weighted by atomic mass is 16.6. The number of aromatic nitrogens is 2. The van der Waals surface area contributed by atoms with Gasteiger partial charge in [0.2, 0.25) is 0 Å². The summed E-state index contributed by atoms with van der Waals surface area (Å²) < 4.78 is 7.25. The van der Waals surface area contributed by atoms with Gasteiger partial charge in [0.25, 0.3) is 11.8 Å². The van der Waals surface area contributed by atoms with E-state index in [1.54, 1.807) is 26.1 Å². The Morgan fingerprint density at radius 3 is 2.34 bits per heavy atom. The Morgan fingerprint density at radius 1 is 0.957 bits per heavy atom. The zero-order valence-corrected chi connectivity index (χ0v) is 27.0. The van der Waals surface area contributed by atoms with Gasteiger partial charge >= 0.3 is 5.97 Å². The second-order valence-electron chi connectivity index (χ2n) is 14.2. The number of pyridine rings is 2. The maximum atomic E-state index is 13.5. The number of rotatable bonds is 8. The van der Waals surface area contributed by atoms with Gasteiger partial charge < -0.3 is 19.9 Å². The van der Waals surface area contributed by atoms with E-state index in [2.05, 4.69) is 15.6 Å². The van der Waals surface area contributed by atoms with Crippen LogP contribution in [0.3, 0.4) is 0 Å². The molecule has 4 aromatic rings. The summed E-state index contributed by atoms with van der Waals surface area (Å²) in [5.74, 6) is 0.200. The van der Waals surface area contributed by atoms with E-state index in [4.69, 9.17) is 4.74 Å². The van der Waals surface area contributed by atoms with Crippen molar-refractivity contribution in [2.24, 2.45) is 17.8 Å². The molecule has 0 aliphatic heterocycles. The maximum Gasteiger partial charge on any atom is 0.303 e. The van der Waals surface area contributed by atoms with Gasteiger partial charge in [-0.05, 0) is 106 Å². The largest absolute Gasteiger partial charge is 0.450 e. The van der Waals surface area contributed by atoms with Crippen molar-refractivity contribution in [3.63, 3.8) is 0 Å². The average molecular weight is 633 g/mol. The van der Waals surface area contributed by atoms with Crippen molar-refractivity contribution in [2.75, 3.05) is 0 Å². The fraction of sp³-hybridized carbons (Fsp3) is 0.395. The summed E-state index contributed by atoms with van der Waals surface area (Å²) in [7, 11) is 0. The van der Waals surface area contributed by atoms with E-state index in [9.17, 15) is 19.2 Å². The molecule has 0 saturated heterocycles. The van der Waals surface area contributed by atoms with Crippen molar-refractivity contribution >= 4 is 28.8 Å². The van der Waals surface area contributed by atoms with Crippen LogP contribution >= 0.6 is 0 Å². The number of nitrogens with zero attached hydrogens (tertiary/aromatic N) is 2. The molecule has 4 saturated carbocycles. The van der Waals surface area contributed by atoms with E-state index in [0.717, 1.165) is 43.4 Å². The minimum Gasteiger partial charge on any atom is -0.450 e. The molecule has 5 atom stereocenters. The normalized spacial score (nSPS) is 24.6. The highest BCUT2D eigenvalue weighted by molar-refractivity contribution is 5.94.